The van der Waals surface area contributed by atoms with Crippen molar-refractivity contribution in [2.45, 2.75) is 57.3 Å². The molecule has 3 fully saturated rings. The molecule has 3 heterocycles. The molecule has 4 rings (SSSR count). The number of rotatable bonds is 9. The highest BCUT2D eigenvalue weighted by molar-refractivity contribution is 6.34. The van der Waals surface area contributed by atoms with Crippen LogP contribution in [0.1, 0.15) is 38.7 Å². The molecule has 9 heteroatoms. The van der Waals surface area contributed by atoms with Crippen LogP contribution in [-0.2, 0) is 23.9 Å². The van der Waals surface area contributed by atoms with Crippen LogP contribution >= 0.6 is 11.6 Å². The van der Waals surface area contributed by atoms with Gasteiger partial charge in [0.2, 0.25) is 5.91 Å². The molecule has 35 heavy (non-hydrogen) atoms. The second-order valence-electron chi connectivity index (χ2n) is 9.48. The van der Waals surface area contributed by atoms with Gasteiger partial charge in [-0.15, -0.1) is 6.58 Å². The number of aryl methyl sites for hydroxylation is 1. The van der Waals surface area contributed by atoms with Gasteiger partial charge in [0.15, 0.2) is 0 Å². The van der Waals surface area contributed by atoms with Crippen molar-refractivity contribution in [2.24, 2.45) is 11.8 Å². The molecule has 1 spiro atoms. The largest absolute Gasteiger partial charge is 0.466 e. The number of anilines is 1. The van der Waals surface area contributed by atoms with Crippen LogP contribution in [0.5, 0.6) is 0 Å². The summed E-state index contributed by atoms with van der Waals surface area (Å²) in [6, 6.07) is 4.35. The number of hydrogen-bond acceptors (Lipinski definition) is 6. The van der Waals surface area contributed by atoms with Gasteiger partial charge in [0.05, 0.1) is 35.4 Å². The maximum atomic E-state index is 14.3. The van der Waals surface area contributed by atoms with Crippen molar-refractivity contribution in [1.29, 1.82) is 0 Å². The van der Waals surface area contributed by atoms with E-state index in [1.54, 1.807) is 25.1 Å². The number of carbonyl (C=O) groups excluding carboxylic acids is 3. The third-order valence-corrected chi connectivity index (χ3v) is 8.14. The quantitative estimate of drug-likeness (QED) is 0.410. The number of para-hydroxylation sites is 1. The Morgan fingerprint density at radius 1 is 1.37 bits per heavy atom. The minimum atomic E-state index is -1.19. The van der Waals surface area contributed by atoms with Crippen LogP contribution in [0, 0.1) is 18.8 Å². The number of benzene rings is 1. The van der Waals surface area contributed by atoms with Crippen molar-refractivity contribution in [3.63, 3.8) is 0 Å². The Balaban J connectivity index is 1.84. The monoisotopic (exact) mass is 504 g/mol. The molecule has 8 nitrogen and oxygen atoms in total. The summed E-state index contributed by atoms with van der Waals surface area (Å²) in [6.07, 6.45) is 3.11. The number of fused-ring (bicyclic) bond motifs is 1. The molecule has 3 aliphatic heterocycles. The maximum absolute atomic E-state index is 14.3. The molecule has 0 aliphatic carbocycles. The second-order valence-corrected chi connectivity index (χ2v) is 9.89. The van der Waals surface area contributed by atoms with E-state index in [0.29, 0.717) is 30.0 Å². The Morgan fingerprint density at radius 3 is 2.71 bits per heavy atom. The van der Waals surface area contributed by atoms with Crippen molar-refractivity contribution in [3.05, 3.63) is 41.4 Å². The molecule has 1 aromatic carbocycles. The van der Waals surface area contributed by atoms with Crippen LogP contribution in [0.25, 0.3) is 0 Å². The minimum absolute atomic E-state index is 0.0467. The first-order valence-electron chi connectivity index (χ1n) is 12.2. The molecule has 1 aromatic rings. The third-order valence-electron chi connectivity index (χ3n) is 7.83. The number of esters is 1. The van der Waals surface area contributed by atoms with Crippen LogP contribution in [0.4, 0.5) is 5.69 Å². The van der Waals surface area contributed by atoms with E-state index in [-0.39, 0.29) is 38.1 Å². The fourth-order valence-corrected chi connectivity index (χ4v) is 6.79. The summed E-state index contributed by atoms with van der Waals surface area (Å²) in [5, 5.41) is 10.2. The number of ether oxygens (including phenoxy) is 2. The van der Waals surface area contributed by atoms with Crippen molar-refractivity contribution in [1.82, 2.24) is 4.90 Å². The van der Waals surface area contributed by atoms with Gasteiger partial charge in [-0.25, -0.2) is 0 Å². The summed E-state index contributed by atoms with van der Waals surface area (Å²) in [5.41, 5.74) is -0.716. The maximum Gasteiger partial charge on any atom is 0.312 e. The summed E-state index contributed by atoms with van der Waals surface area (Å²) < 4.78 is 12.0. The highest BCUT2D eigenvalue weighted by atomic mass is 35.5. The number of aliphatic hydroxyl groups excluding tert-OH is 1. The third kappa shape index (κ3) is 3.69. The van der Waals surface area contributed by atoms with Gasteiger partial charge < -0.3 is 24.4 Å². The second kappa shape index (κ2) is 9.56. The zero-order valence-corrected chi connectivity index (χ0v) is 21.2. The van der Waals surface area contributed by atoms with Crippen LogP contribution in [-0.4, -0.2) is 71.3 Å². The molecule has 2 unspecified atom stereocenters. The molecular formula is C26H33ClN2O6. The van der Waals surface area contributed by atoms with E-state index in [1.807, 2.05) is 19.9 Å². The number of halogens is 1. The molecule has 3 saturated heterocycles. The van der Waals surface area contributed by atoms with E-state index >= 15 is 0 Å². The Hall–Kier alpha value is -2.42. The predicted molar refractivity (Wildman–Crippen MR) is 131 cm³/mol. The van der Waals surface area contributed by atoms with Crippen molar-refractivity contribution < 1.29 is 29.0 Å². The van der Waals surface area contributed by atoms with Gasteiger partial charge in [0.1, 0.15) is 17.6 Å². The molecular weight excluding hydrogens is 472 g/mol. The van der Waals surface area contributed by atoms with E-state index in [4.69, 9.17) is 21.1 Å². The summed E-state index contributed by atoms with van der Waals surface area (Å²) in [5.74, 6) is -2.87. The first-order chi connectivity index (χ1) is 16.7. The predicted octanol–water partition coefficient (Wildman–Crippen LogP) is 2.88. The first kappa shape index (κ1) is 25.7. The number of β-amino-alcohol motifs (C(OH)–C–C–N with tert-alkyl or cyclic N) is 1. The summed E-state index contributed by atoms with van der Waals surface area (Å²) >= 11 is 6.53. The lowest BCUT2D eigenvalue weighted by atomic mass is 9.65. The number of aliphatic hydroxyl groups is 1. The van der Waals surface area contributed by atoms with Crippen LogP contribution in [0.3, 0.4) is 0 Å². The van der Waals surface area contributed by atoms with Crippen molar-refractivity contribution in [2.75, 3.05) is 31.2 Å². The van der Waals surface area contributed by atoms with E-state index in [1.165, 1.54) is 9.80 Å². The average Bonchev–Trinajstić information content (AvgIpc) is 3.42. The van der Waals surface area contributed by atoms with Gasteiger partial charge in [-0.2, -0.15) is 0 Å². The number of amides is 2. The molecule has 1 N–H and O–H groups in total. The van der Waals surface area contributed by atoms with Crippen LogP contribution in [0.15, 0.2) is 30.9 Å². The molecule has 0 aromatic heterocycles. The number of nitrogens with zero attached hydrogens (tertiary/aromatic N) is 2. The van der Waals surface area contributed by atoms with E-state index in [0.717, 1.165) is 5.56 Å². The van der Waals surface area contributed by atoms with Gasteiger partial charge in [-0.3, -0.25) is 14.4 Å². The Morgan fingerprint density at radius 2 is 2.11 bits per heavy atom. The van der Waals surface area contributed by atoms with E-state index in [9.17, 15) is 19.5 Å². The molecule has 2 bridgehead atoms. The fraction of sp³-hybridized carbons (Fsp3) is 0.577. The zero-order chi connectivity index (χ0) is 25.5. The average molecular weight is 505 g/mol. The smallest absolute Gasteiger partial charge is 0.312 e. The number of likely N-dealkylation sites (tertiary alicyclic amines) is 1. The molecule has 3 aliphatic rings. The molecule has 2 amide bonds. The van der Waals surface area contributed by atoms with Gasteiger partial charge in [0, 0.05) is 13.1 Å². The molecule has 0 saturated carbocycles. The van der Waals surface area contributed by atoms with Crippen molar-refractivity contribution in [3.8, 4) is 0 Å². The van der Waals surface area contributed by atoms with Crippen LogP contribution in [0.2, 0.25) is 5.02 Å². The Kier molecular flexibility index (Phi) is 7.01. The standard InChI is InChI=1S/C26H33ClN2O6/c1-5-13-28(20-16(4)9-8-10-17(20)27)23(32)21-26-12-11-25(6-2,35-26)19(24(33)34-7-3)18(26)22(31)29(21)14-15-30/h5,8-10,18-19,21,30H,1,6-7,11-15H2,2-4H3/t18-,19-,21?,25+,26?/m0/s1. The first-order valence-corrected chi connectivity index (χ1v) is 12.6. The van der Waals surface area contributed by atoms with E-state index < -0.39 is 35.0 Å². The highest BCUT2D eigenvalue weighted by Crippen LogP contribution is 2.64. The topological polar surface area (TPSA) is 96.4 Å². The van der Waals surface area contributed by atoms with Crippen molar-refractivity contribution >= 4 is 35.1 Å². The van der Waals surface area contributed by atoms with Gasteiger partial charge in [0.25, 0.3) is 5.91 Å². The normalized spacial score (nSPS) is 30.9. The number of hydrogen-bond donors (Lipinski definition) is 1. The minimum Gasteiger partial charge on any atom is -0.466 e. The molecule has 190 valence electrons. The molecule has 5 atom stereocenters. The van der Waals surface area contributed by atoms with Gasteiger partial charge in [-0.05, 0) is 44.7 Å². The van der Waals surface area contributed by atoms with Gasteiger partial charge >= 0.3 is 5.97 Å². The Bertz CT molecular complexity index is 1030. The zero-order valence-electron chi connectivity index (χ0n) is 20.5. The molecule has 0 radical (unpaired) electrons. The lowest BCUT2D eigenvalue weighted by Crippen LogP contribution is -2.57. The fourth-order valence-electron chi connectivity index (χ4n) is 6.47. The summed E-state index contributed by atoms with van der Waals surface area (Å²) in [7, 11) is 0. The Labute approximate surface area is 210 Å². The summed E-state index contributed by atoms with van der Waals surface area (Å²) in [6.45, 7) is 9.30. The van der Waals surface area contributed by atoms with E-state index in [2.05, 4.69) is 6.58 Å². The SMILES string of the molecule is C=CCN(C(=O)C1N(CCO)C(=O)[C@@H]2[C@@H](C(=O)OCC)[C@@]3(CC)CCC12O3)c1c(C)cccc1Cl. The van der Waals surface area contributed by atoms with Crippen LogP contribution < -0.4 is 4.90 Å². The lowest BCUT2D eigenvalue weighted by Gasteiger charge is -2.37. The highest BCUT2D eigenvalue weighted by Gasteiger charge is 2.79. The number of carbonyl (C=O) groups is 3. The van der Waals surface area contributed by atoms with Gasteiger partial charge in [-0.1, -0.05) is 36.7 Å². The summed E-state index contributed by atoms with van der Waals surface area (Å²) in [4.78, 5) is 44.2. The lowest BCUT2D eigenvalue weighted by molar-refractivity contribution is -0.160.